The molecule has 0 fully saturated rings. The van der Waals surface area contributed by atoms with Gasteiger partial charge in [-0.25, -0.2) is 9.67 Å². The molecule has 0 aliphatic heterocycles. The SMILES string of the molecule is CCCOc1ccc(N=C(c2c(C)[nH]n(-c3ccccc3)c2=O)C(F)(F)F)cc1. The lowest BCUT2D eigenvalue weighted by atomic mass is 10.1. The van der Waals surface area contributed by atoms with Crippen LogP contribution in [0.2, 0.25) is 0 Å². The van der Waals surface area contributed by atoms with Gasteiger partial charge in [0.05, 0.1) is 23.5 Å². The van der Waals surface area contributed by atoms with E-state index in [0.717, 1.165) is 11.1 Å². The second-order valence-corrected chi connectivity index (χ2v) is 6.39. The molecule has 152 valence electrons. The molecular weight excluding hydrogens is 383 g/mol. The van der Waals surface area contributed by atoms with Crippen LogP contribution in [0.4, 0.5) is 18.9 Å². The number of ether oxygens (including phenoxy) is 1. The van der Waals surface area contributed by atoms with Crippen molar-refractivity contribution in [2.24, 2.45) is 4.99 Å². The number of aromatic amines is 1. The van der Waals surface area contributed by atoms with Gasteiger partial charge in [-0.05, 0) is 49.7 Å². The van der Waals surface area contributed by atoms with E-state index in [1.165, 1.54) is 19.1 Å². The lowest BCUT2D eigenvalue weighted by Gasteiger charge is -2.10. The van der Waals surface area contributed by atoms with E-state index in [1.807, 2.05) is 6.92 Å². The molecule has 0 saturated heterocycles. The zero-order valence-electron chi connectivity index (χ0n) is 16.0. The first-order valence-electron chi connectivity index (χ1n) is 9.07. The van der Waals surface area contributed by atoms with E-state index in [2.05, 4.69) is 10.1 Å². The molecule has 0 aliphatic carbocycles. The van der Waals surface area contributed by atoms with E-state index in [1.54, 1.807) is 42.5 Å². The summed E-state index contributed by atoms with van der Waals surface area (Å²) in [6, 6.07) is 14.3. The molecule has 0 bridgehead atoms. The highest BCUT2D eigenvalue weighted by molar-refractivity contribution is 6.06. The summed E-state index contributed by atoms with van der Waals surface area (Å²) in [6.07, 6.45) is -3.99. The van der Waals surface area contributed by atoms with Crippen LogP contribution in [0.15, 0.2) is 64.4 Å². The van der Waals surface area contributed by atoms with Gasteiger partial charge >= 0.3 is 6.18 Å². The van der Waals surface area contributed by atoms with E-state index in [9.17, 15) is 18.0 Å². The van der Waals surface area contributed by atoms with Crippen LogP contribution in [-0.4, -0.2) is 28.3 Å². The van der Waals surface area contributed by atoms with E-state index in [-0.39, 0.29) is 11.4 Å². The van der Waals surface area contributed by atoms with Crippen molar-refractivity contribution < 1.29 is 17.9 Å². The first kappa shape index (κ1) is 20.4. The molecule has 0 saturated carbocycles. The van der Waals surface area contributed by atoms with E-state index in [4.69, 9.17) is 4.74 Å². The van der Waals surface area contributed by atoms with Crippen LogP contribution in [0, 0.1) is 6.92 Å². The van der Waals surface area contributed by atoms with Crippen LogP contribution in [0.3, 0.4) is 0 Å². The molecule has 0 atom stereocenters. The maximum atomic E-state index is 13.8. The number of alkyl halides is 3. The van der Waals surface area contributed by atoms with Gasteiger partial charge in [0.1, 0.15) is 5.75 Å². The van der Waals surface area contributed by atoms with Crippen LogP contribution in [0.1, 0.15) is 24.6 Å². The summed E-state index contributed by atoms with van der Waals surface area (Å²) < 4.78 is 47.9. The average Bonchev–Trinajstić information content (AvgIpc) is 2.99. The molecule has 1 aromatic heterocycles. The zero-order valence-corrected chi connectivity index (χ0v) is 16.0. The number of H-pyrrole nitrogens is 1. The predicted octanol–water partition coefficient (Wildman–Crippen LogP) is 4.95. The Morgan fingerprint density at radius 3 is 2.34 bits per heavy atom. The highest BCUT2D eigenvalue weighted by atomic mass is 19.4. The first-order valence-corrected chi connectivity index (χ1v) is 9.07. The fraction of sp³-hybridized carbons (Fsp3) is 0.238. The predicted molar refractivity (Wildman–Crippen MR) is 106 cm³/mol. The molecule has 29 heavy (non-hydrogen) atoms. The number of hydrogen-bond acceptors (Lipinski definition) is 3. The van der Waals surface area contributed by atoms with E-state index in [0.29, 0.717) is 18.0 Å². The van der Waals surface area contributed by atoms with Crippen molar-refractivity contribution in [3.05, 3.63) is 76.2 Å². The molecule has 1 heterocycles. The molecule has 0 amide bonds. The van der Waals surface area contributed by atoms with Gasteiger partial charge in [0.15, 0.2) is 5.71 Å². The number of rotatable bonds is 6. The van der Waals surface area contributed by atoms with Crippen molar-refractivity contribution in [3.8, 4) is 11.4 Å². The van der Waals surface area contributed by atoms with Gasteiger partial charge in [0.25, 0.3) is 5.56 Å². The fourth-order valence-corrected chi connectivity index (χ4v) is 2.81. The van der Waals surface area contributed by atoms with Gasteiger partial charge in [-0.2, -0.15) is 13.2 Å². The van der Waals surface area contributed by atoms with Gasteiger partial charge in [-0.3, -0.25) is 9.89 Å². The molecule has 0 aliphatic rings. The number of nitrogens with zero attached hydrogens (tertiary/aromatic N) is 2. The molecular formula is C21H20F3N3O2. The normalized spacial score (nSPS) is 12.2. The third-order valence-corrected chi connectivity index (χ3v) is 4.14. The monoisotopic (exact) mass is 403 g/mol. The van der Waals surface area contributed by atoms with Crippen LogP contribution >= 0.6 is 0 Å². The number of benzene rings is 2. The summed E-state index contributed by atoms with van der Waals surface area (Å²) in [5.41, 5.74) is -1.97. The lowest BCUT2D eigenvalue weighted by molar-refractivity contribution is -0.0580. The van der Waals surface area contributed by atoms with E-state index >= 15 is 0 Å². The average molecular weight is 403 g/mol. The van der Waals surface area contributed by atoms with Crippen LogP contribution in [0.5, 0.6) is 5.75 Å². The van der Waals surface area contributed by atoms with Crippen molar-refractivity contribution in [2.75, 3.05) is 6.61 Å². The minimum Gasteiger partial charge on any atom is -0.494 e. The Balaban J connectivity index is 2.06. The van der Waals surface area contributed by atoms with Crippen molar-refractivity contribution >= 4 is 11.4 Å². The third-order valence-electron chi connectivity index (χ3n) is 4.14. The summed E-state index contributed by atoms with van der Waals surface area (Å²) in [6.45, 7) is 3.88. The van der Waals surface area contributed by atoms with Gasteiger partial charge in [-0.15, -0.1) is 0 Å². The Morgan fingerprint density at radius 2 is 1.76 bits per heavy atom. The van der Waals surface area contributed by atoms with Gasteiger partial charge in [0, 0.05) is 5.69 Å². The van der Waals surface area contributed by atoms with Crippen molar-refractivity contribution in [2.45, 2.75) is 26.4 Å². The second kappa shape index (κ2) is 8.38. The molecule has 8 heteroatoms. The Bertz CT molecular complexity index is 1050. The number of nitrogens with one attached hydrogen (secondary N) is 1. The maximum Gasteiger partial charge on any atom is 0.434 e. The molecule has 3 aromatic rings. The topological polar surface area (TPSA) is 59.4 Å². The quantitative estimate of drug-likeness (QED) is 0.593. The third kappa shape index (κ3) is 4.59. The minimum absolute atomic E-state index is 0.0763. The Kier molecular flexibility index (Phi) is 5.91. The fourth-order valence-electron chi connectivity index (χ4n) is 2.81. The lowest BCUT2D eigenvalue weighted by Crippen LogP contribution is -2.30. The number of aryl methyl sites for hydroxylation is 1. The Hall–Kier alpha value is -3.29. The molecule has 1 N–H and O–H groups in total. The van der Waals surface area contributed by atoms with Crippen LogP contribution in [0.25, 0.3) is 5.69 Å². The summed E-state index contributed by atoms with van der Waals surface area (Å²) in [5, 5.41) is 2.70. The van der Waals surface area contributed by atoms with Crippen molar-refractivity contribution in [3.63, 3.8) is 0 Å². The van der Waals surface area contributed by atoms with Gasteiger partial charge in [-0.1, -0.05) is 25.1 Å². The molecule has 0 unspecified atom stereocenters. The molecule has 5 nitrogen and oxygen atoms in total. The number of hydrogen-bond donors (Lipinski definition) is 1. The summed E-state index contributed by atoms with van der Waals surface area (Å²) in [5.74, 6) is 0.545. The maximum absolute atomic E-state index is 13.8. The van der Waals surface area contributed by atoms with Crippen LogP contribution in [-0.2, 0) is 0 Å². The van der Waals surface area contributed by atoms with Crippen molar-refractivity contribution in [1.29, 1.82) is 0 Å². The molecule has 2 aromatic carbocycles. The number of halogens is 3. The number of para-hydroxylation sites is 1. The second-order valence-electron chi connectivity index (χ2n) is 6.39. The molecule has 0 spiro atoms. The zero-order chi connectivity index (χ0) is 21.0. The highest BCUT2D eigenvalue weighted by Gasteiger charge is 2.40. The van der Waals surface area contributed by atoms with Crippen LogP contribution < -0.4 is 10.3 Å². The number of aliphatic imine (C=N–C) groups is 1. The van der Waals surface area contributed by atoms with Crippen molar-refractivity contribution in [1.82, 2.24) is 9.78 Å². The Labute approximate surface area is 165 Å². The smallest absolute Gasteiger partial charge is 0.434 e. The minimum atomic E-state index is -4.81. The first-order chi connectivity index (χ1) is 13.8. The number of aromatic nitrogens is 2. The summed E-state index contributed by atoms with van der Waals surface area (Å²) in [7, 11) is 0. The summed E-state index contributed by atoms with van der Waals surface area (Å²) >= 11 is 0. The Morgan fingerprint density at radius 1 is 1.10 bits per heavy atom. The molecule has 0 radical (unpaired) electrons. The van der Waals surface area contributed by atoms with Gasteiger partial charge in [0.2, 0.25) is 0 Å². The standard InChI is InChI=1S/C21H20F3N3O2/c1-3-13-29-17-11-9-15(10-12-17)25-19(21(22,23)24)18-14(2)26-27(20(18)28)16-7-5-4-6-8-16/h4-12,26H,3,13H2,1-2H3. The van der Waals surface area contributed by atoms with E-state index < -0.39 is 23.0 Å². The molecule has 3 rings (SSSR count). The summed E-state index contributed by atoms with van der Waals surface area (Å²) in [4.78, 5) is 16.5. The largest absolute Gasteiger partial charge is 0.494 e. The van der Waals surface area contributed by atoms with Gasteiger partial charge < -0.3 is 4.74 Å². The highest BCUT2D eigenvalue weighted by Crippen LogP contribution is 2.27.